The first-order chi connectivity index (χ1) is 14.9. The molecule has 1 heterocycles. The van der Waals surface area contributed by atoms with Crippen LogP contribution in [-0.4, -0.2) is 35.7 Å². The van der Waals surface area contributed by atoms with E-state index in [1.807, 2.05) is 38.1 Å². The normalized spacial score (nSPS) is 10.6. The fourth-order valence-corrected chi connectivity index (χ4v) is 3.13. The molecule has 1 N–H and O–H groups in total. The average Bonchev–Trinajstić information content (AvgIpc) is 2.77. The molecule has 1 aromatic heterocycles. The van der Waals surface area contributed by atoms with Gasteiger partial charge in [-0.25, -0.2) is 4.98 Å². The Morgan fingerprint density at radius 3 is 2.39 bits per heavy atom. The molecule has 0 saturated carbocycles. The molecule has 0 saturated heterocycles. The monoisotopic (exact) mass is 441 g/mol. The van der Waals surface area contributed by atoms with Gasteiger partial charge in [-0.3, -0.25) is 14.2 Å². The summed E-state index contributed by atoms with van der Waals surface area (Å²) in [6.07, 6.45) is 1.48. The van der Waals surface area contributed by atoms with E-state index in [9.17, 15) is 9.59 Å². The summed E-state index contributed by atoms with van der Waals surface area (Å²) in [6.45, 7) is 4.23. The molecule has 0 radical (unpaired) electrons. The third-order valence-electron chi connectivity index (χ3n) is 4.72. The molecule has 1 amide bonds. The zero-order chi connectivity index (χ0) is 22.4. The van der Waals surface area contributed by atoms with E-state index in [1.54, 1.807) is 19.2 Å². The topological polar surface area (TPSA) is 82.5 Å². The number of hydrogen-bond acceptors (Lipinski definition) is 5. The molecule has 0 atom stereocenters. The number of nitrogens with zero attached hydrogens (tertiary/aromatic N) is 2. The van der Waals surface area contributed by atoms with Gasteiger partial charge < -0.3 is 14.8 Å². The first-order valence-electron chi connectivity index (χ1n) is 9.74. The zero-order valence-electron chi connectivity index (χ0n) is 17.6. The lowest BCUT2D eigenvalue weighted by atomic mass is 10.1. The molecule has 0 unspecified atom stereocenters. The third-order valence-corrected chi connectivity index (χ3v) is 5.32. The Morgan fingerprint density at radius 1 is 1.10 bits per heavy atom. The maximum Gasteiger partial charge on any atom is 0.258 e. The maximum absolute atomic E-state index is 12.4. The van der Waals surface area contributed by atoms with Crippen LogP contribution >= 0.6 is 11.6 Å². The SMILES string of the molecule is COc1ccc(-c2cc(=O)n(CCNC(=O)COc3cc(C)c(Cl)c(C)c3)cn2)cc1. The predicted molar refractivity (Wildman–Crippen MR) is 120 cm³/mol. The molecular weight excluding hydrogens is 418 g/mol. The Kier molecular flexibility index (Phi) is 7.31. The lowest BCUT2D eigenvalue weighted by molar-refractivity contribution is -0.123. The Labute approximate surface area is 185 Å². The van der Waals surface area contributed by atoms with Crippen molar-refractivity contribution in [2.45, 2.75) is 20.4 Å². The van der Waals surface area contributed by atoms with Gasteiger partial charge in [-0.05, 0) is 61.4 Å². The van der Waals surface area contributed by atoms with E-state index in [0.717, 1.165) is 22.4 Å². The van der Waals surface area contributed by atoms with E-state index >= 15 is 0 Å². The second kappa shape index (κ2) is 10.1. The molecule has 7 nitrogen and oxygen atoms in total. The highest BCUT2D eigenvalue weighted by Gasteiger charge is 2.08. The number of hydrogen-bond donors (Lipinski definition) is 1. The van der Waals surface area contributed by atoms with Gasteiger partial charge >= 0.3 is 0 Å². The highest BCUT2D eigenvalue weighted by Crippen LogP contribution is 2.25. The maximum atomic E-state index is 12.4. The summed E-state index contributed by atoms with van der Waals surface area (Å²) in [5.74, 6) is 1.04. The van der Waals surface area contributed by atoms with Gasteiger partial charge in [0.2, 0.25) is 0 Å². The number of aromatic nitrogens is 2. The summed E-state index contributed by atoms with van der Waals surface area (Å²) in [6, 6.07) is 12.4. The number of halogens is 1. The molecule has 0 aliphatic rings. The van der Waals surface area contributed by atoms with Crippen molar-refractivity contribution in [2.75, 3.05) is 20.3 Å². The van der Waals surface area contributed by atoms with Crippen molar-refractivity contribution in [3.05, 3.63) is 75.3 Å². The van der Waals surface area contributed by atoms with Gasteiger partial charge in [0.15, 0.2) is 6.61 Å². The van der Waals surface area contributed by atoms with Crippen LogP contribution in [-0.2, 0) is 11.3 Å². The lowest BCUT2D eigenvalue weighted by Gasteiger charge is -2.11. The second-order valence-corrected chi connectivity index (χ2v) is 7.42. The smallest absolute Gasteiger partial charge is 0.258 e. The Morgan fingerprint density at radius 2 is 1.77 bits per heavy atom. The molecule has 2 aromatic carbocycles. The van der Waals surface area contributed by atoms with E-state index < -0.39 is 0 Å². The second-order valence-electron chi connectivity index (χ2n) is 7.04. The molecule has 8 heteroatoms. The molecule has 0 bridgehead atoms. The van der Waals surface area contributed by atoms with Crippen LogP contribution in [0.3, 0.4) is 0 Å². The van der Waals surface area contributed by atoms with Crippen molar-refractivity contribution in [2.24, 2.45) is 0 Å². The number of amides is 1. The Hall–Kier alpha value is -3.32. The van der Waals surface area contributed by atoms with E-state index in [0.29, 0.717) is 23.0 Å². The van der Waals surface area contributed by atoms with Crippen molar-refractivity contribution < 1.29 is 14.3 Å². The minimum absolute atomic E-state index is 0.121. The number of carbonyl (C=O) groups is 1. The number of nitrogens with one attached hydrogen (secondary N) is 1. The van der Waals surface area contributed by atoms with E-state index in [4.69, 9.17) is 21.1 Å². The van der Waals surface area contributed by atoms with Gasteiger partial charge in [0.1, 0.15) is 11.5 Å². The third kappa shape index (κ3) is 5.86. The number of aryl methyl sites for hydroxylation is 2. The number of rotatable bonds is 8. The predicted octanol–water partition coefficient (Wildman–Crippen LogP) is 3.38. The molecule has 3 rings (SSSR count). The molecule has 162 valence electrons. The summed E-state index contributed by atoms with van der Waals surface area (Å²) < 4.78 is 12.1. The molecule has 0 aliphatic heterocycles. The standard InChI is InChI=1S/C23H24ClN3O4/c1-15-10-19(11-16(2)23(15)24)31-13-21(28)25-8-9-27-14-26-20(12-22(27)29)17-4-6-18(30-3)7-5-17/h4-7,10-12,14H,8-9,13H2,1-3H3,(H,25,28). The number of benzene rings is 2. The first kappa shape index (κ1) is 22.4. The summed E-state index contributed by atoms with van der Waals surface area (Å²) in [5, 5.41) is 3.43. The number of methoxy groups -OCH3 is 1. The van der Waals surface area contributed by atoms with Gasteiger partial charge in [-0.2, -0.15) is 0 Å². The van der Waals surface area contributed by atoms with Crippen LogP contribution in [0.15, 0.2) is 53.6 Å². The van der Waals surface area contributed by atoms with Gasteiger partial charge in [0.05, 0.1) is 19.1 Å². The fraction of sp³-hybridized carbons (Fsp3) is 0.261. The fourth-order valence-electron chi connectivity index (χ4n) is 3.02. The lowest BCUT2D eigenvalue weighted by Crippen LogP contribution is -2.33. The van der Waals surface area contributed by atoms with Gasteiger partial charge in [0.25, 0.3) is 11.5 Å². The quantitative estimate of drug-likeness (QED) is 0.579. The van der Waals surface area contributed by atoms with Crippen molar-refractivity contribution in [3.63, 3.8) is 0 Å². The summed E-state index contributed by atoms with van der Waals surface area (Å²) in [4.78, 5) is 28.7. The van der Waals surface area contributed by atoms with Crippen LogP contribution in [0.25, 0.3) is 11.3 Å². The highest BCUT2D eigenvalue weighted by molar-refractivity contribution is 6.32. The van der Waals surface area contributed by atoms with Crippen LogP contribution in [0.1, 0.15) is 11.1 Å². The van der Waals surface area contributed by atoms with E-state index in [1.165, 1.54) is 17.0 Å². The highest BCUT2D eigenvalue weighted by atomic mass is 35.5. The molecule has 0 aliphatic carbocycles. The van der Waals surface area contributed by atoms with E-state index in [2.05, 4.69) is 10.3 Å². The molecule has 3 aromatic rings. The van der Waals surface area contributed by atoms with Crippen LogP contribution in [0.4, 0.5) is 0 Å². The van der Waals surface area contributed by atoms with E-state index in [-0.39, 0.29) is 24.6 Å². The minimum atomic E-state index is -0.277. The molecule has 0 fully saturated rings. The minimum Gasteiger partial charge on any atom is -0.497 e. The summed E-state index contributed by atoms with van der Waals surface area (Å²) in [5.41, 5.74) is 2.99. The summed E-state index contributed by atoms with van der Waals surface area (Å²) >= 11 is 6.14. The van der Waals surface area contributed by atoms with Gasteiger partial charge in [0, 0.05) is 29.7 Å². The van der Waals surface area contributed by atoms with Crippen molar-refractivity contribution >= 4 is 17.5 Å². The van der Waals surface area contributed by atoms with Crippen LogP contribution in [0.2, 0.25) is 5.02 Å². The van der Waals surface area contributed by atoms with Crippen LogP contribution in [0, 0.1) is 13.8 Å². The van der Waals surface area contributed by atoms with Gasteiger partial charge in [-0.1, -0.05) is 11.6 Å². The molecule has 0 spiro atoms. The largest absolute Gasteiger partial charge is 0.497 e. The van der Waals surface area contributed by atoms with Crippen LogP contribution < -0.4 is 20.3 Å². The summed E-state index contributed by atoms with van der Waals surface area (Å²) in [7, 11) is 1.60. The molecule has 31 heavy (non-hydrogen) atoms. The van der Waals surface area contributed by atoms with Crippen LogP contribution in [0.5, 0.6) is 11.5 Å². The van der Waals surface area contributed by atoms with Gasteiger partial charge in [-0.15, -0.1) is 0 Å². The van der Waals surface area contributed by atoms with Crippen molar-refractivity contribution in [3.8, 4) is 22.8 Å². The molecular formula is C23H24ClN3O4. The number of carbonyl (C=O) groups excluding carboxylic acids is 1. The Bertz CT molecular complexity index is 1100. The Balaban J connectivity index is 1.50. The number of ether oxygens (including phenoxy) is 2. The first-order valence-corrected chi connectivity index (χ1v) is 10.1. The average molecular weight is 442 g/mol. The van der Waals surface area contributed by atoms with Crippen molar-refractivity contribution in [1.82, 2.24) is 14.9 Å². The van der Waals surface area contributed by atoms with Crippen molar-refractivity contribution in [1.29, 1.82) is 0 Å². The zero-order valence-corrected chi connectivity index (χ0v) is 18.4.